The summed E-state index contributed by atoms with van der Waals surface area (Å²) in [4.78, 5) is 24.3. The van der Waals surface area contributed by atoms with E-state index in [2.05, 4.69) is 0 Å². The molecular formula is C9H11F3N2O3. The molecule has 0 fully saturated rings. The van der Waals surface area contributed by atoms with Gasteiger partial charge in [-0.25, -0.2) is 4.79 Å². The summed E-state index contributed by atoms with van der Waals surface area (Å²) in [6, 6.07) is 0. The standard InChI is InChI=1S/C9H11F3N2O3/c1-2-5-6(15)13-8(17)14(7(5)16)4-3-9(10,11)12/h16H,2-4H2,1H3,(H,13,15,17). The summed E-state index contributed by atoms with van der Waals surface area (Å²) in [6.45, 7) is 0.820. The number of H-pyrrole nitrogens is 1. The van der Waals surface area contributed by atoms with E-state index in [4.69, 9.17) is 0 Å². The molecule has 5 nitrogen and oxygen atoms in total. The Bertz CT molecular complexity index is 516. The summed E-state index contributed by atoms with van der Waals surface area (Å²) in [5, 5.41) is 9.52. The van der Waals surface area contributed by atoms with E-state index in [-0.39, 0.29) is 12.0 Å². The first kappa shape index (κ1) is 13.3. The fraction of sp³-hybridized carbons (Fsp3) is 0.556. The Kier molecular flexibility index (Phi) is 3.64. The second-order valence-electron chi connectivity index (χ2n) is 3.43. The fourth-order valence-electron chi connectivity index (χ4n) is 1.37. The Morgan fingerprint density at radius 1 is 1.35 bits per heavy atom. The number of rotatable bonds is 3. The zero-order valence-corrected chi connectivity index (χ0v) is 8.97. The summed E-state index contributed by atoms with van der Waals surface area (Å²) >= 11 is 0. The predicted octanol–water partition coefficient (Wildman–Crippen LogP) is 0.757. The molecule has 0 saturated carbocycles. The van der Waals surface area contributed by atoms with Crippen LogP contribution in [0.5, 0.6) is 5.88 Å². The first-order valence-corrected chi connectivity index (χ1v) is 4.88. The maximum Gasteiger partial charge on any atom is 0.390 e. The van der Waals surface area contributed by atoms with Crippen LogP contribution in [0.25, 0.3) is 0 Å². The minimum absolute atomic E-state index is 0.105. The third-order valence-electron chi connectivity index (χ3n) is 2.24. The minimum atomic E-state index is -4.44. The molecule has 1 rings (SSSR count). The summed E-state index contributed by atoms with van der Waals surface area (Å²) in [5.41, 5.74) is -1.93. The molecule has 2 N–H and O–H groups in total. The van der Waals surface area contributed by atoms with Crippen molar-refractivity contribution in [2.45, 2.75) is 32.5 Å². The molecule has 1 aromatic heterocycles. The van der Waals surface area contributed by atoms with Crippen molar-refractivity contribution >= 4 is 0 Å². The van der Waals surface area contributed by atoms with Crippen LogP contribution in [0.3, 0.4) is 0 Å². The van der Waals surface area contributed by atoms with Crippen molar-refractivity contribution in [2.24, 2.45) is 0 Å². The molecule has 0 spiro atoms. The number of nitrogens with one attached hydrogen (secondary N) is 1. The highest BCUT2D eigenvalue weighted by Crippen LogP contribution is 2.21. The van der Waals surface area contributed by atoms with Gasteiger partial charge in [0, 0.05) is 6.54 Å². The van der Waals surface area contributed by atoms with Crippen molar-refractivity contribution < 1.29 is 18.3 Å². The summed E-state index contributed by atoms with van der Waals surface area (Å²) in [6.07, 6.45) is -5.57. The summed E-state index contributed by atoms with van der Waals surface area (Å²) in [5.74, 6) is -0.703. The molecule has 0 atom stereocenters. The van der Waals surface area contributed by atoms with Gasteiger partial charge in [-0.05, 0) is 6.42 Å². The molecule has 8 heteroatoms. The zero-order valence-electron chi connectivity index (χ0n) is 8.97. The van der Waals surface area contributed by atoms with E-state index in [0.29, 0.717) is 4.57 Å². The maximum absolute atomic E-state index is 12.0. The lowest BCUT2D eigenvalue weighted by Gasteiger charge is -2.11. The number of alkyl halides is 3. The van der Waals surface area contributed by atoms with E-state index in [1.54, 1.807) is 6.92 Å². The smallest absolute Gasteiger partial charge is 0.390 e. The Morgan fingerprint density at radius 3 is 2.41 bits per heavy atom. The average Bonchev–Trinajstić information content (AvgIpc) is 2.15. The van der Waals surface area contributed by atoms with Crippen molar-refractivity contribution in [3.8, 4) is 5.88 Å². The first-order chi connectivity index (χ1) is 7.76. The van der Waals surface area contributed by atoms with Gasteiger partial charge in [0.15, 0.2) is 0 Å². The number of hydrogen-bond acceptors (Lipinski definition) is 3. The maximum atomic E-state index is 12.0. The van der Waals surface area contributed by atoms with Gasteiger partial charge in [-0.2, -0.15) is 13.2 Å². The topological polar surface area (TPSA) is 75.1 Å². The molecule has 0 unspecified atom stereocenters. The van der Waals surface area contributed by atoms with Crippen molar-refractivity contribution in [3.63, 3.8) is 0 Å². The lowest BCUT2D eigenvalue weighted by molar-refractivity contribution is -0.137. The van der Waals surface area contributed by atoms with Crippen LogP contribution in [-0.4, -0.2) is 20.8 Å². The number of aromatic amines is 1. The Morgan fingerprint density at radius 2 is 1.94 bits per heavy atom. The van der Waals surface area contributed by atoms with Crippen LogP contribution in [0, 0.1) is 0 Å². The normalized spacial score (nSPS) is 11.8. The number of hydrogen-bond donors (Lipinski definition) is 2. The van der Waals surface area contributed by atoms with E-state index in [9.17, 15) is 27.9 Å². The highest BCUT2D eigenvalue weighted by atomic mass is 19.4. The first-order valence-electron chi connectivity index (χ1n) is 4.88. The molecule has 0 saturated heterocycles. The third-order valence-corrected chi connectivity index (χ3v) is 2.24. The van der Waals surface area contributed by atoms with Crippen LogP contribution in [0.4, 0.5) is 13.2 Å². The molecule has 0 aromatic carbocycles. The highest BCUT2D eigenvalue weighted by molar-refractivity contribution is 5.22. The fourth-order valence-corrected chi connectivity index (χ4v) is 1.37. The van der Waals surface area contributed by atoms with E-state index in [1.807, 2.05) is 4.98 Å². The summed E-state index contributed by atoms with van der Waals surface area (Å²) < 4.78 is 36.5. The van der Waals surface area contributed by atoms with Gasteiger partial charge < -0.3 is 5.11 Å². The van der Waals surface area contributed by atoms with E-state index < -0.39 is 36.3 Å². The van der Waals surface area contributed by atoms with E-state index >= 15 is 0 Å². The second-order valence-corrected chi connectivity index (χ2v) is 3.43. The van der Waals surface area contributed by atoms with Crippen molar-refractivity contribution in [1.29, 1.82) is 0 Å². The van der Waals surface area contributed by atoms with Gasteiger partial charge in [0.1, 0.15) is 0 Å². The molecule has 0 radical (unpaired) electrons. The summed E-state index contributed by atoms with van der Waals surface area (Å²) in [7, 11) is 0. The largest absolute Gasteiger partial charge is 0.494 e. The van der Waals surface area contributed by atoms with Gasteiger partial charge in [0.2, 0.25) is 5.88 Å². The monoisotopic (exact) mass is 252 g/mol. The molecule has 0 aliphatic carbocycles. The van der Waals surface area contributed by atoms with Gasteiger partial charge in [-0.1, -0.05) is 6.92 Å². The van der Waals surface area contributed by atoms with Crippen LogP contribution >= 0.6 is 0 Å². The van der Waals surface area contributed by atoms with Crippen LogP contribution in [-0.2, 0) is 13.0 Å². The van der Waals surface area contributed by atoms with Crippen LogP contribution in [0.15, 0.2) is 9.59 Å². The second kappa shape index (κ2) is 4.64. The van der Waals surface area contributed by atoms with Gasteiger partial charge in [0.05, 0.1) is 12.0 Å². The molecule has 0 amide bonds. The van der Waals surface area contributed by atoms with Crippen molar-refractivity contribution in [2.75, 3.05) is 0 Å². The molecule has 1 aromatic rings. The number of aromatic hydroxyl groups is 1. The van der Waals surface area contributed by atoms with Crippen molar-refractivity contribution in [1.82, 2.24) is 9.55 Å². The van der Waals surface area contributed by atoms with E-state index in [0.717, 1.165) is 0 Å². The minimum Gasteiger partial charge on any atom is -0.494 e. The Balaban J connectivity index is 3.17. The molecular weight excluding hydrogens is 241 g/mol. The Hall–Kier alpha value is -1.73. The molecule has 0 aliphatic heterocycles. The zero-order chi connectivity index (χ0) is 13.2. The molecule has 17 heavy (non-hydrogen) atoms. The highest BCUT2D eigenvalue weighted by Gasteiger charge is 2.27. The van der Waals surface area contributed by atoms with Gasteiger partial charge in [-0.15, -0.1) is 0 Å². The van der Waals surface area contributed by atoms with Crippen LogP contribution in [0.1, 0.15) is 18.9 Å². The quantitative estimate of drug-likeness (QED) is 0.833. The third kappa shape index (κ3) is 3.11. The molecule has 0 bridgehead atoms. The molecule has 1 heterocycles. The average molecular weight is 252 g/mol. The number of nitrogens with zero attached hydrogens (tertiary/aromatic N) is 1. The lowest BCUT2D eigenvalue weighted by Crippen LogP contribution is -2.33. The van der Waals surface area contributed by atoms with Gasteiger partial charge in [0.25, 0.3) is 5.56 Å². The van der Waals surface area contributed by atoms with Crippen LogP contribution in [0.2, 0.25) is 0 Å². The van der Waals surface area contributed by atoms with E-state index in [1.165, 1.54) is 0 Å². The van der Waals surface area contributed by atoms with Gasteiger partial charge in [-0.3, -0.25) is 14.3 Å². The molecule has 96 valence electrons. The lowest BCUT2D eigenvalue weighted by atomic mass is 10.2. The predicted molar refractivity (Wildman–Crippen MR) is 53.0 cm³/mol. The van der Waals surface area contributed by atoms with Crippen molar-refractivity contribution in [3.05, 3.63) is 26.4 Å². The number of halogens is 3. The van der Waals surface area contributed by atoms with Gasteiger partial charge >= 0.3 is 11.9 Å². The Labute approximate surface area is 93.5 Å². The van der Waals surface area contributed by atoms with Crippen LogP contribution < -0.4 is 11.2 Å². The SMILES string of the molecule is CCc1c(O)n(CCC(F)(F)F)c(=O)[nH]c1=O. The number of aromatic nitrogens is 2. The molecule has 0 aliphatic rings.